The molecule has 1 aliphatic heterocycles. The number of aliphatic hydroxyl groups is 1. The van der Waals surface area contributed by atoms with Gasteiger partial charge in [-0.3, -0.25) is 32.0 Å². The van der Waals surface area contributed by atoms with E-state index in [1.807, 2.05) is 91.9 Å². The number of benzene rings is 2. The summed E-state index contributed by atoms with van der Waals surface area (Å²) < 4.78 is 6.75. The van der Waals surface area contributed by atoms with Crippen LogP contribution in [0, 0.1) is 11.8 Å². The van der Waals surface area contributed by atoms with Crippen molar-refractivity contribution >= 4 is 52.3 Å². The predicted molar refractivity (Wildman–Crippen MR) is 213 cm³/mol. The fourth-order valence-electron chi connectivity index (χ4n) is 6.22. The van der Waals surface area contributed by atoms with Crippen LogP contribution in [0.2, 0.25) is 0 Å². The molecule has 0 unspecified atom stereocenters. The third-order valence-electron chi connectivity index (χ3n) is 9.09. The molecule has 0 bridgehead atoms. The normalized spacial score (nSPS) is 16.0. The van der Waals surface area contributed by atoms with Crippen LogP contribution < -0.4 is 16.0 Å². The number of carbonyl (C=O) groups excluding carboxylic acids is 5. The summed E-state index contributed by atoms with van der Waals surface area (Å²) in [4.78, 5) is 70.4. The Morgan fingerprint density at radius 1 is 0.849 bits per heavy atom. The van der Waals surface area contributed by atoms with E-state index in [2.05, 4.69) is 16.0 Å². The molecule has 1 fully saturated rings. The highest BCUT2D eigenvalue weighted by atomic mass is 127. The average Bonchev–Trinajstić information content (AvgIpc) is 3.12. The molecule has 0 saturated carbocycles. The van der Waals surface area contributed by atoms with E-state index < -0.39 is 53.1 Å². The first-order valence-corrected chi connectivity index (χ1v) is 19.5. The lowest BCUT2D eigenvalue weighted by molar-refractivity contribution is -0.143. The van der Waals surface area contributed by atoms with Gasteiger partial charge < -0.3 is 25.8 Å². The molecule has 4 atom stereocenters. The highest BCUT2D eigenvalue weighted by Gasteiger charge is 2.39. The van der Waals surface area contributed by atoms with E-state index in [0.29, 0.717) is 57.6 Å². The minimum atomic E-state index is -1.65. The number of amides is 4. The fourth-order valence-corrected chi connectivity index (χ4v) is 7.04. The number of rotatable bonds is 20. The van der Waals surface area contributed by atoms with Gasteiger partial charge in [-0.05, 0) is 62.5 Å². The molecule has 0 spiro atoms. The van der Waals surface area contributed by atoms with Crippen molar-refractivity contribution in [1.29, 1.82) is 0 Å². The number of ketones is 1. The van der Waals surface area contributed by atoms with Gasteiger partial charge in [0.2, 0.25) is 23.6 Å². The zero-order valence-corrected chi connectivity index (χ0v) is 34.1. The highest BCUT2D eigenvalue weighted by Crippen LogP contribution is 2.27. The first-order chi connectivity index (χ1) is 25.1. The maximum absolute atomic E-state index is 14.2. The molecule has 12 nitrogen and oxygen atoms in total. The lowest BCUT2D eigenvalue weighted by Crippen LogP contribution is -2.56. The van der Waals surface area contributed by atoms with E-state index in [9.17, 15) is 29.1 Å². The number of morpholine rings is 1. The monoisotopic (exact) mass is 847 g/mol. The quantitative estimate of drug-likeness (QED) is 0.116. The summed E-state index contributed by atoms with van der Waals surface area (Å²) in [7, 11) is 0. The van der Waals surface area contributed by atoms with Gasteiger partial charge >= 0.3 is 0 Å². The molecule has 2 aromatic rings. The Hall–Kier alpha value is -3.40. The van der Waals surface area contributed by atoms with Gasteiger partial charge in [0.25, 0.3) is 0 Å². The van der Waals surface area contributed by atoms with Gasteiger partial charge in [0, 0.05) is 19.6 Å². The maximum Gasteiger partial charge on any atom is 0.243 e. The molecular formula is C40H58IN5O7. The summed E-state index contributed by atoms with van der Waals surface area (Å²) in [5, 5.41) is 19.3. The summed E-state index contributed by atoms with van der Waals surface area (Å²) in [5.74, 6) is -2.83. The van der Waals surface area contributed by atoms with Crippen LogP contribution in [-0.4, -0.2) is 106 Å². The van der Waals surface area contributed by atoms with Gasteiger partial charge in [0.1, 0.15) is 23.7 Å². The Kier molecular flexibility index (Phi) is 17.8. The number of nitrogens with one attached hydrogen (secondary N) is 3. The molecule has 1 heterocycles. The van der Waals surface area contributed by atoms with E-state index in [0.717, 1.165) is 5.56 Å². The van der Waals surface area contributed by atoms with Crippen LogP contribution in [0.5, 0.6) is 0 Å². The van der Waals surface area contributed by atoms with Crippen LogP contribution >= 0.6 is 22.9 Å². The molecule has 4 amide bonds. The summed E-state index contributed by atoms with van der Waals surface area (Å²) >= 11 is 1.85. The smallest absolute Gasteiger partial charge is 0.243 e. The number of nitrogens with zero attached hydrogens (tertiary/aromatic N) is 2. The van der Waals surface area contributed by atoms with E-state index in [1.54, 1.807) is 24.3 Å². The second-order valence-electron chi connectivity index (χ2n) is 15.2. The molecule has 53 heavy (non-hydrogen) atoms. The van der Waals surface area contributed by atoms with Crippen molar-refractivity contribution in [2.75, 3.05) is 39.4 Å². The molecule has 0 radical (unpaired) electrons. The summed E-state index contributed by atoms with van der Waals surface area (Å²) in [6.45, 7) is 13.0. The van der Waals surface area contributed by atoms with Crippen LogP contribution in [-0.2, 0) is 35.1 Å². The SMILES string of the molecule is CC(C)C[C@H](NC(=O)[C@H](CCc1ccccc1)NC(=O)CN1CCOCC1)C(=O)NC[C@@H](C(=O)N(I)[C@@H](CC(C)C)C(=O)C(C)(C)O)c1ccccc1. The largest absolute Gasteiger partial charge is 0.383 e. The third-order valence-corrected chi connectivity index (χ3v) is 10.2. The van der Waals surface area contributed by atoms with E-state index in [-0.39, 0.29) is 30.8 Å². The van der Waals surface area contributed by atoms with Crippen LogP contribution in [0.1, 0.15) is 77.8 Å². The van der Waals surface area contributed by atoms with Crippen LogP contribution in [0.3, 0.4) is 0 Å². The minimum absolute atomic E-state index is 0.0331. The first-order valence-electron chi connectivity index (χ1n) is 18.6. The van der Waals surface area contributed by atoms with Crippen LogP contribution in [0.15, 0.2) is 60.7 Å². The second kappa shape index (κ2) is 21.5. The van der Waals surface area contributed by atoms with Gasteiger partial charge in [-0.2, -0.15) is 0 Å². The number of halogens is 1. The molecule has 13 heteroatoms. The van der Waals surface area contributed by atoms with Crippen molar-refractivity contribution in [3.63, 3.8) is 0 Å². The van der Waals surface area contributed by atoms with Gasteiger partial charge in [-0.1, -0.05) is 88.4 Å². The van der Waals surface area contributed by atoms with Crippen molar-refractivity contribution in [1.82, 2.24) is 24.0 Å². The van der Waals surface area contributed by atoms with Crippen molar-refractivity contribution in [2.45, 2.75) is 96.9 Å². The summed E-state index contributed by atoms with van der Waals surface area (Å²) in [6, 6.07) is 16.0. The van der Waals surface area contributed by atoms with Gasteiger partial charge in [-0.15, -0.1) is 0 Å². The van der Waals surface area contributed by atoms with Crippen molar-refractivity contribution in [3.8, 4) is 0 Å². The van der Waals surface area contributed by atoms with Crippen LogP contribution in [0.4, 0.5) is 0 Å². The summed E-state index contributed by atoms with van der Waals surface area (Å²) in [6.07, 6.45) is 1.54. The average molecular weight is 848 g/mol. The molecule has 1 aliphatic rings. The van der Waals surface area contributed by atoms with Gasteiger partial charge in [0.15, 0.2) is 5.78 Å². The van der Waals surface area contributed by atoms with Crippen LogP contribution in [0.25, 0.3) is 0 Å². The Bertz CT molecular complexity index is 1480. The first kappa shape index (κ1) is 44.0. The topological polar surface area (TPSA) is 157 Å². The van der Waals surface area contributed by atoms with Crippen molar-refractivity contribution in [3.05, 3.63) is 71.8 Å². The third kappa shape index (κ3) is 14.7. The standard InChI is InChI=1S/C40H58IN5O7/c1-27(2)23-33(44-38(50)32(18-17-29-13-9-7-10-14-29)43-35(47)26-45-19-21-53-22-20-45)37(49)42-25-31(30-15-11-8-12-16-30)39(51)46(41)34(24-28(3)4)36(48)40(5,6)52/h7-16,27-28,31-34,52H,17-26H2,1-6H3,(H,42,49)(H,43,47)(H,44,50)/t31-,32+,33+,34+/m1/s1. The molecule has 1 saturated heterocycles. The second-order valence-corrected chi connectivity index (χ2v) is 16.2. The fraction of sp³-hybridized carbons (Fsp3) is 0.575. The van der Waals surface area contributed by atoms with Crippen molar-refractivity contribution in [2.24, 2.45) is 11.8 Å². The molecule has 292 valence electrons. The number of ether oxygens (including phenoxy) is 1. The number of hydrogen-bond donors (Lipinski definition) is 4. The Balaban J connectivity index is 1.80. The lowest BCUT2D eigenvalue weighted by atomic mass is 9.90. The van der Waals surface area contributed by atoms with Gasteiger partial charge in [-0.25, -0.2) is 0 Å². The molecular weight excluding hydrogens is 789 g/mol. The molecule has 2 aromatic carbocycles. The van der Waals surface area contributed by atoms with E-state index in [4.69, 9.17) is 4.74 Å². The zero-order chi connectivity index (χ0) is 39.1. The zero-order valence-electron chi connectivity index (χ0n) is 32.0. The molecule has 0 aromatic heterocycles. The minimum Gasteiger partial charge on any atom is -0.383 e. The number of carbonyl (C=O) groups is 5. The lowest BCUT2D eigenvalue weighted by Gasteiger charge is -2.33. The highest BCUT2D eigenvalue weighted by molar-refractivity contribution is 14.1. The molecule has 0 aliphatic carbocycles. The van der Waals surface area contributed by atoms with Crippen molar-refractivity contribution < 1.29 is 33.8 Å². The Morgan fingerprint density at radius 2 is 1.43 bits per heavy atom. The number of aryl methyl sites for hydroxylation is 1. The molecule has 3 rings (SSSR count). The number of hydrogen-bond acceptors (Lipinski definition) is 8. The molecule has 4 N–H and O–H groups in total. The Morgan fingerprint density at radius 3 is 2.00 bits per heavy atom. The maximum atomic E-state index is 14.2. The number of Topliss-reactive ketones (excluding diaryl/α,β-unsaturated/α-hetero) is 1. The van der Waals surface area contributed by atoms with Gasteiger partial charge in [0.05, 0.1) is 48.5 Å². The van der Waals surface area contributed by atoms with E-state index in [1.165, 1.54) is 17.0 Å². The Labute approximate surface area is 328 Å². The summed E-state index contributed by atoms with van der Waals surface area (Å²) in [5.41, 5.74) is 0.0139. The predicted octanol–water partition coefficient (Wildman–Crippen LogP) is 3.80. The van der Waals surface area contributed by atoms with E-state index >= 15 is 0 Å².